The second-order valence-corrected chi connectivity index (χ2v) is 10.9. The molecule has 0 aliphatic carbocycles. The van der Waals surface area contributed by atoms with E-state index in [1.165, 1.54) is 12.1 Å². The lowest BCUT2D eigenvalue weighted by atomic mass is 10.1. The smallest absolute Gasteiger partial charge is 0.255 e. The van der Waals surface area contributed by atoms with Gasteiger partial charge in [0.25, 0.3) is 5.91 Å². The van der Waals surface area contributed by atoms with E-state index < -0.39 is 10.0 Å². The van der Waals surface area contributed by atoms with Crippen LogP contribution in [-0.4, -0.2) is 27.5 Å². The summed E-state index contributed by atoms with van der Waals surface area (Å²) in [5.41, 5.74) is 2.02. The number of ether oxygens (including phenoxy) is 1. The van der Waals surface area contributed by atoms with Crippen molar-refractivity contribution in [1.29, 1.82) is 0 Å². The zero-order chi connectivity index (χ0) is 24.6. The van der Waals surface area contributed by atoms with Crippen LogP contribution >= 0.6 is 15.9 Å². The number of hydrogen-bond donors (Lipinski definition) is 2. The Morgan fingerprint density at radius 1 is 1.00 bits per heavy atom. The predicted molar refractivity (Wildman–Crippen MR) is 139 cm³/mol. The van der Waals surface area contributed by atoms with Crippen LogP contribution in [0.15, 0.2) is 82.2 Å². The van der Waals surface area contributed by atoms with Crippen LogP contribution in [0.5, 0.6) is 5.75 Å². The van der Waals surface area contributed by atoms with Gasteiger partial charge in [-0.05, 0) is 82.7 Å². The van der Waals surface area contributed by atoms with Crippen molar-refractivity contribution >= 4 is 37.5 Å². The number of anilines is 1. The van der Waals surface area contributed by atoms with Crippen molar-refractivity contribution in [2.24, 2.45) is 5.92 Å². The highest BCUT2D eigenvalue weighted by Crippen LogP contribution is 2.27. The minimum Gasteiger partial charge on any atom is -0.492 e. The number of amides is 1. The van der Waals surface area contributed by atoms with E-state index in [4.69, 9.17) is 4.74 Å². The van der Waals surface area contributed by atoms with E-state index in [0.29, 0.717) is 47.0 Å². The molecule has 0 unspecified atom stereocenters. The molecule has 3 aromatic carbocycles. The van der Waals surface area contributed by atoms with Crippen LogP contribution < -0.4 is 14.8 Å². The quantitative estimate of drug-likeness (QED) is 0.326. The van der Waals surface area contributed by atoms with Gasteiger partial charge in [-0.1, -0.05) is 44.2 Å². The van der Waals surface area contributed by atoms with Crippen molar-refractivity contribution in [3.05, 3.63) is 88.4 Å². The number of hydrogen-bond acceptors (Lipinski definition) is 4. The van der Waals surface area contributed by atoms with Crippen LogP contribution in [0.2, 0.25) is 0 Å². The SMILES string of the molecule is CC(C)CCOc1ccc(C(=O)Nc2ccc(S(=O)(=O)NCCc3ccccc3)cc2)cc1Br. The molecule has 0 radical (unpaired) electrons. The number of carbonyl (C=O) groups excluding carboxylic acids is 1. The topological polar surface area (TPSA) is 84.5 Å². The third-order valence-corrected chi connectivity index (χ3v) is 7.21. The fourth-order valence-electron chi connectivity index (χ4n) is 3.14. The second-order valence-electron chi connectivity index (χ2n) is 8.29. The first-order chi connectivity index (χ1) is 16.2. The molecule has 0 bridgehead atoms. The minimum atomic E-state index is -3.63. The molecule has 1 amide bonds. The summed E-state index contributed by atoms with van der Waals surface area (Å²) >= 11 is 3.46. The third kappa shape index (κ3) is 7.68. The van der Waals surface area contributed by atoms with Gasteiger partial charge < -0.3 is 10.1 Å². The summed E-state index contributed by atoms with van der Waals surface area (Å²) in [6, 6.07) is 20.9. The fraction of sp³-hybridized carbons (Fsp3) is 0.269. The van der Waals surface area contributed by atoms with Gasteiger partial charge >= 0.3 is 0 Å². The first-order valence-electron chi connectivity index (χ1n) is 11.1. The van der Waals surface area contributed by atoms with Crippen molar-refractivity contribution in [3.8, 4) is 5.75 Å². The average Bonchev–Trinajstić information content (AvgIpc) is 2.81. The second kappa shape index (κ2) is 12.1. The highest BCUT2D eigenvalue weighted by atomic mass is 79.9. The fourth-order valence-corrected chi connectivity index (χ4v) is 4.67. The summed E-state index contributed by atoms with van der Waals surface area (Å²) in [4.78, 5) is 12.8. The van der Waals surface area contributed by atoms with E-state index in [1.807, 2.05) is 30.3 Å². The van der Waals surface area contributed by atoms with Gasteiger partial charge in [0.15, 0.2) is 0 Å². The van der Waals surface area contributed by atoms with E-state index in [2.05, 4.69) is 39.8 Å². The Hall–Kier alpha value is -2.68. The van der Waals surface area contributed by atoms with Crippen LogP contribution in [0.3, 0.4) is 0 Å². The Morgan fingerprint density at radius 3 is 2.35 bits per heavy atom. The number of benzene rings is 3. The normalized spacial score (nSPS) is 11.4. The molecule has 3 rings (SSSR count). The highest BCUT2D eigenvalue weighted by Gasteiger charge is 2.14. The molecule has 0 saturated carbocycles. The van der Waals surface area contributed by atoms with Crippen molar-refractivity contribution < 1.29 is 17.9 Å². The van der Waals surface area contributed by atoms with Crippen LogP contribution in [0.1, 0.15) is 36.2 Å². The Balaban J connectivity index is 1.56. The molecule has 3 aromatic rings. The molecule has 0 heterocycles. The van der Waals surface area contributed by atoms with Gasteiger partial charge in [-0.15, -0.1) is 0 Å². The molecule has 180 valence electrons. The minimum absolute atomic E-state index is 0.143. The maximum atomic E-state index is 12.6. The third-order valence-electron chi connectivity index (χ3n) is 5.12. The van der Waals surface area contributed by atoms with Gasteiger partial charge in [-0.25, -0.2) is 13.1 Å². The van der Waals surface area contributed by atoms with Crippen LogP contribution in [0.25, 0.3) is 0 Å². The Labute approximate surface area is 209 Å². The summed E-state index contributed by atoms with van der Waals surface area (Å²) < 4.78 is 34.2. The van der Waals surface area contributed by atoms with E-state index in [0.717, 1.165) is 12.0 Å². The first kappa shape index (κ1) is 25.9. The molecule has 34 heavy (non-hydrogen) atoms. The van der Waals surface area contributed by atoms with Crippen LogP contribution in [0, 0.1) is 5.92 Å². The molecule has 0 spiro atoms. The maximum Gasteiger partial charge on any atom is 0.255 e. The van der Waals surface area contributed by atoms with Gasteiger partial charge in [-0.2, -0.15) is 0 Å². The summed E-state index contributed by atoms with van der Waals surface area (Å²) in [6.07, 6.45) is 1.55. The predicted octanol–water partition coefficient (Wildman–Crippen LogP) is 5.65. The van der Waals surface area contributed by atoms with Crippen molar-refractivity contribution in [1.82, 2.24) is 4.72 Å². The molecule has 0 saturated heterocycles. The summed E-state index contributed by atoms with van der Waals surface area (Å²) in [5.74, 6) is 0.938. The summed E-state index contributed by atoms with van der Waals surface area (Å²) in [5, 5.41) is 2.79. The standard InChI is InChI=1S/C26H29BrN2O4S/c1-19(2)15-17-33-25-13-8-21(18-24(25)27)26(30)29-22-9-11-23(12-10-22)34(31,32)28-16-14-20-6-4-3-5-7-20/h3-13,18-19,28H,14-17H2,1-2H3,(H,29,30). The molecular weight excluding hydrogens is 516 g/mol. The molecule has 0 aliphatic heterocycles. The summed E-state index contributed by atoms with van der Waals surface area (Å²) in [7, 11) is -3.63. The van der Waals surface area contributed by atoms with E-state index in [9.17, 15) is 13.2 Å². The Morgan fingerprint density at radius 2 is 1.71 bits per heavy atom. The van der Waals surface area contributed by atoms with E-state index >= 15 is 0 Å². The number of halogens is 1. The van der Waals surface area contributed by atoms with Crippen molar-refractivity contribution in [3.63, 3.8) is 0 Å². The first-order valence-corrected chi connectivity index (χ1v) is 13.4. The average molecular weight is 545 g/mol. The molecule has 0 aliphatic rings. The largest absolute Gasteiger partial charge is 0.492 e. The van der Waals surface area contributed by atoms with Gasteiger partial charge in [-0.3, -0.25) is 4.79 Å². The lowest BCUT2D eigenvalue weighted by Gasteiger charge is -2.11. The Bertz CT molecular complexity index is 1200. The molecular formula is C26H29BrN2O4S. The van der Waals surface area contributed by atoms with Gasteiger partial charge in [0.2, 0.25) is 10.0 Å². The molecule has 2 N–H and O–H groups in total. The zero-order valence-corrected chi connectivity index (χ0v) is 21.7. The van der Waals surface area contributed by atoms with Gasteiger partial charge in [0, 0.05) is 17.8 Å². The van der Waals surface area contributed by atoms with E-state index in [-0.39, 0.29) is 10.8 Å². The van der Waals surface area contributed by atoms with Crippen molar-refractivity contribution in [2.45, 2.75) is 31.6 Å². The molecule has 0 fully saturated rings. The lowest BCUT2D eigenvalue weighted by molar-refractivity contribution is 0.102. The van der Waals surface area contributed by atoms with Crippen LogP contribution in [-0.2, 0) is 16.4 Å². The number of carbonyl (C=O) groups is 1. The van der Waals surface area contributed by atoms with Crippen molar-refractivity contribution in [2.75, 3.05) is 18.5 Å². The lowest BCUT2D eigenvalue weighted by Crippen LogP contribution is -2.26. The number of rotatable bonds is 11. The van der Waals surface area contributed by atoms with Gasteiger partial charge in [0.05, 0.1) is 16.0 Å². The highest BCUT2D eigenvalue weighted by molar-refractivity contribution is 9.10. The van der Waals surface area contributed by atoms with Crippen LogP contribution in [0.4, 0.5) is 5.69 Å². The number of nitrogens with one attached hydrogen (secondary N) is 2. The maximum absolute atomic E-state index is 12.6. The van der Waals surface area contributed by atoms with E-state index in [1.54, 1.807) is 30.3 Å². The molecule has 0 atom stereocenters. The molecule has 0 aromatic heterocycles. The summed E-state index contributed by atoms with van der Waals surface area (Å²) in [6.45, 7) is 5.18. The zero-order valence-electron chi connectivity index (χ0n) is 19.3. The van der Waals surface area contributed by atoms with Gasteiger partial charge in [0.1, 0.15) is 5.75 Å². The molecule has 8 heteroatoms. The monoisotopic (exact) mass is 544 g/mol. The number of sulfonamides is 1. The molecule has 6 nitrogen and oxygen atoms in total. The Kier molecular flexibility index (Phi) is 9.27.